The van der Waals surface area contributed by atoms with Gasteiger partial charge in [0.05, 0.1) is 12.2 Å². The number of hydrogen-bond acceptors (Lipinski definition) is 1. The van der Waals surface area contributed by atoms with Crippen LogP contribution in [0.1, 0.15) is 19.8 Å². The standard InChI is InChI=1S/C7H11O/c1-6-3-7(2,4-6)8-5-6/h1,3-5H2,2H3. The largest absolute Gasteiger partial charge is 0.375 e. The highest BCUT2D eigenvalue weighted by atomic mass is 16.5. The van der Waals surface area contributed by atoms with Gasteiger partial charge in [-0.15, -0.1) is 0 Å². The molecule has 3 aliphatic rings. The van der Waals surface area contributed by atoms with Crippen molar-refractivity contribution in [2.45, 2.75) is 25.4 Å². The van der Waals surface area contributed by atoms with Crippen LogP contribution in [0.5, 0.6) is 0 Å². The average Bonchev–Trinajstić information content (AvgIpc) is 1.88. The van der Waals surface area contributed by atoms with E-state index in [-0.39, 0.29) is 5.60 Å². The van der Waals surface area contributed by atoms with Crippen LogP contribution >= 0.6 is 0 Å². The van der Waals surface area contributed by atoms with Crippen molar-refractivity contribution < 1.29 is 4.74 Å². The molecule has 0 aromatic heterocycles. The lowest BCUT2D eigenvalue weighted by Gasteiger charge is -2.39. The highest BCUT2D eigenvalue weighted by Gasteiger charge is 2.56. The van der Waals surface area contributed by atoms with Gasteiger partial charge in [-0.1, -0.05) is 0 Å². The summed E-state index contributed by atoms with van der Waals surface area (Å²) in [5.74, 6) is 0. The molecule has 0 N–H and O–H groups in total. The molecule has 1 saturated carbocycles. The van der Waals surface area contributed by atoms with Gasteiger partial charge in [-0.05, 0) is 32.1 Å². The van der Waals surface area contributed by atoms with E-state index in [2.05, 4.69) is 13.8 Å². The summed E-state index contributed by atoms with van der Waals surface area (Å²) in [5.41, 5.74) is 0.566. The Hall–Kier alpha value is -0.0400. The smallest absolute Gasteiger partial charge is 0.0667 e. The number of fused-ring (bicyclic) bond motifs is 1. The van der Waals surface area contributed by atoms with E-state index in [1.807, 2.05) is 0 Å². The second kappa shape index (κ2) is 0.971. The zero-order valence-corrected chi connectivity index (χ0v) is 5.24. The normalized spacial score (nSPS) is 60.8. The first-order valence-corrected chi connectivity index (χ1v) is 3.11. The minimum Gasteiger partial charge on any atom is -0.375 e. The van der Waals surface area contributed by atoms with Crippen molar-refractivity contribution in [1.82, 2.24) is 0 Å². The first-order valence-electron chi connectivity index (χ1n) is 3.11. The minimum absolute atomic E-state index is 0.238. The van der Waals surface area contributed by atoms with Gasteiger partial charge in [0.2, 0.25) is 0 Å². The highest BCUT2D eigenvalue weighted by molar-refractivity contribution is 5.09. The molecule has 0 amide bonds. The molecule has 0 aromatic rings. The predicted octanol–water partition coefficient (Wildman–Crippen LogP) is 1.39. The van der Waals surface area contributed by atoms with Gasteiger partial charge in [0, 0.05) is 0 Å². The summed E-state index contributed by atoms with van der Waals surface area (Å²) >= 11 is 0. The zero-order valence-electron chi connectivity index (χ0n) is 5.24. The lowest BCUT2D eigenvalue weighted by atomic mass is 9.65. The summed E-state index contributed by atoms with van der Waals surface area (Å²) in [4.78, 5) is 0. The number of hydrogen-bond donors (Lipinski definition) is 0. The maximum absolute atomic E-state index is 5.45. The monoisotopic (exact) mass is 111 g/mol. The molecule has 2 aliphatic heterocycles. The van der Waals surface area contributed by atoms with Crippen LogP contribution in [-0.2, 0) is 4.74 Å². The van der Waals surface area contributed by atoms with Crippen LogP contribution in [0.3, 0.4) is 0 Å². The summed E-state index contributed by atoms with van der Waals surface area (Å²) in [6, 6.07) is 0. The summed E-state index contributed by atoms with van der Waals surface area (Å²) < 4.78 is 5.45. The molecule has 2 heterocycles. The Balaban J connectivity index is 2.22. The summed E-state index contributed by atoms with van der Waals surface area (Å²) in [6.45, 7) is 7.12. The maximum atomic E-state index is 5.45. The zero-order chi connectivity index (χ0) is 5.83. The molecule has 1 heteroatoms. The third-order valence-electron chi connectivity index (χ3n) is 2.22. The fourth-order valence-electron chi connectivity index (χ4n) is 2.07. The third-order valence-corrected chi connectivity index (χ3v) is 2.22. The van der Waals surface area contributed by atoms with Gasteiger partial charge in [0.15, 0.2) is 0 Å². The summed E-state index contributed by atoms with van der Waals surface area (Å²) in [6.07, 6.45) is 2.36. The Morgan fingerprint density at radius 1 is 1.50 bits per heavy atom. The Bertz CT molecular complexity index is 108. The van der Waals surface area contributed by atoms with Crippen LogP contribution in [0, 0.1) is 12.3 Å². The van der Waals surface area contributed by atoms with E-state index in [4.69, 9.17) is 4.74 Å². The van der Waals surface area contributed by atoms with Crippen LogP contribution in [0.25, 0.3) is 0 Å². The second-order valence-corrected chi connectivity index (χ2v) is 3.59. The molecule has 2 bridgehead atoms. The molecule has 3 fully saturated rings. The predicted molar refractivity (Wildman–Crippen MR) is 31.4 cm³/mol. The van der Waals surface area contributed by atoms with Gasteiger partial charge in [0.1, 0.15) is 0 Å². The average molecular weight is 111 g/mol. The molecule has 8 heavy (non-hydrogen) atoms. The van der Waals surface area contributed by atoms with Crippen molar-refractivity contribution in [1.29, 1.82) is 0 Å². The molecular formula is C7H11O. The Kier molecular flexibility index (Phi) is 0.583. The fourth-order valence-corrected chi connectivity index (χ4v) is 2.07. The molecule has 1 aliphatic carbocycles. The quantitative estimate of drug-likeness (QED) is 0.459. The van der Waals surface area contributed by atoms with Gasteiger partial charge in [-0.3, -0.25) is 0 Å². The molecule has 0 atom stereocenters. The Labute approximate surface area is 50.0 Å². The van der Waals surface area contributed by atoms with E-state index in [1.54, 1.807) is 0 Å². The molecular weight excluding hydrogens is 100 g/mol. The van der Waals surface area contributed by atoms with Gasteiger partial charge in [-0.25, -0.2) is 0 Å². The van der Waals surface area contributed by atoms with Crippen molar-refractivity contribution in [3.63, 3.8) is 0 Å². The lowest BCUT2D eigenvalue weighted by Crippen LogP contribution is -2.39. The molecule has 0 unspecified atom stereocenters. The van der Waals surface area contributed by atoms with Crippen molar-refractivity contribution in [3.05, 3.63) is 6.92 Å². The van der Waals surface area contributed by atoms with Gasteiger partial charge in [-0.2, -0.15) is 0 Å². The molecule has 2 saturated heterocycles. The molecule has 3 rings (SSSR count). The van der Waals surface area contributed by atoms with Crippen LogP contribution in [0.4, 0.5) is 0 Å². The first-order chi connectivity index (χ1) is 3.62. The van der Waals surface area contributed by atoms with E-state index < -0.39 is 0 Å². The van der Waals surface area contributed by atoms with Gasteiger partial charge in [0.25, 0.3) is 0 Å². The minimum atomic E-state index is 0.238. The van der Waals surface area contributed by atoms with E-state index in [0.717, 1.165) is 6.61 Å². The van der Waals surface area contributed by atoms with E-state index in [1.165, 1.54) is 12.8 Å². The molecule has 0 spiro atoms. The SMILES string of the molecule is [CH2]C12COC(C)(C1)C2. The van der Waals surface area contributed by atoms with E-state index in [0.29, 0.717) is 5.41 Å². The fraction of sp³-hybridized carbons (Fsp3) is 0.857. The van der Waals surface area contributed by atoms with Gasteiger partial charge < -0.3 is 4.74 Å². The van der Waals surface area contributed by atoms with Crippen molar-refractivity contribution in [3.8, 4) is 0 Å². The van der Waals surface area contributed by atoms with Crippen molar-refractivity contribution in [2.24, 2.45) is 5.41 Å². The van der Waals surface area contributed by atoms with Crippen molar-refractivity contribution in [2.75, 3.05) is 6.61 Å². The Morgan fingerprint density at radius 3 is 2.25 bits per heavy atom. The molecule has 1 nitrogen and oxygen atoms in total. The topological polar surface area (TPSA) is 9.23 Å². The highest BCUT2D eigenvalue weighted by Crippen LogP contribution is 2.56. The van der Waals surface area contributed by atoms with Crippen LogP contribution < -0.4 is 0 Å². The second-order valence-electron chi connectivity index (χ2n) is 3.59. The van der Waals surface area contributed by atoms with Crippen LogP contribution in [-0.4, -0.2) is 12.2 Å². The lowest BCUT2D eigenvalue weighted by molar-refractivity contribution is 0.0114. The molecule has 45 valence electrons. The summed E-state index contributed by atoms with van der Waals surface area (Å²) in [7, 11) is 0. The number of rotatable bonds is 0. The van der Waals surface area contributed by atoms with Crippen molar-refractivity contribution >= 4 is 0 Å². The first kappa shape index (κ1) is 4.80. The number of ether oxygens (including phenoxy) is 1. The van der Waals surface area contributed by atoms with E-state index in [9.17, 15) is 0 Å². The van der Waals surface area contributed by atoms with Gasteiger partial charge >= 0.3 is 0 Å². The Morgan fingerprint density at radius 2 is 2.12 bits per heavy atom. The maximum Gasteiger partial charge on any atom is 0.0667 e. The van der Waals surface area contributed by atoms with Crippen LogP contribution in [0.2, 0.25) is 0 Å². The van der Waals surface area contributed by atoms with Crippen LogP contribution in [0.15, 0.2) is 0 Å². The molecule has 1 radical (unpaired) electrons. The summed E-state index contributed by atoms with van der Waals surface area (Å²) in [5, 5.41) is 0. The third kappa shape index (κ3) is 0.408. The van der Waals surface area contributed by atoms with E-state index >= 15 is 0 Å². The molecule has 0 aromatic carbocycles.